The largest absolute Gasteiger partial charge is 0.466 e. The molecule has 0 radical (unpaired) electrons. The van der Waals surface area contributed by atoms with Gasteiger partial charge in [0, 0.05) is 0 Å². The van der Waals surface area contributed by atoms with Crippen LogP contribution in [0.25, 0.3) is 0 Å². The number of carbonyl (C=O) groups excluding carboxylic acids is 4. The zero-order valence-corrected chi connectivity index (χ0v) is 14.7. The van der Waals surface area contributed by atoms with Gasteiger partial charge in [-0.3, -0.25) is 9.59 Å². The molecular weight excluding hydrogens is 332 g/mol. The van der Waals surface area contributed by atoms with Crippen molar-refractivity contribution in [1.29, 1.82) is 0 Å². The minimum Gasteiger partial charge on any atom is -0.466 e. The maximum Gasteiger partial charge on any atom is 0.338 e. The first-order valence-corrected chi connectivity index (χ1v) is 7.48. The van der Waals surface area contributed by atoms with Crippen LogP contribution in [0.15, 0.2) is 24.3 Å². The van der Waals surface area contributed by atoms with Crippen molar-refractivity contribution in [3.8, 4) is 0 Å². The van der Waals surface area contributed by atoms with Crippen LogP contribution >= 0.6 is 0 Å². The van der Waals surface area contributed by atoms with E-state index in [1.807, 2.05) is 0 Å². The Hall–Kier alpha value is -2.90. The average molecular weight is 354 g/mol. The summed E-state index contributed by atoms with van der Waals surface area (Å²) in [5.74, 6) is -2.17. The maximum absolute atomic E-state index is 11.2. The van der Waals surface area contributed by atoms with Gasteiger partial charge in [0.1, 0.15) is 6.42 Å². The van der Waals surface area contributed by atoms with E-state index in [0.717, 1.165) is 0 Å². The molecule has 0 saturated carbocycles. The van der Waals surface area contributed by atoms with E-state index in [4.69, 9.17) is 0 Å². The minimum absolute atomic E-state index is 0.210. The number of methoxy groups -OCH3 is 2. The SMILES string of the molecule is CCOC(=O)CC(=O)OCC.COC(=O)c1ccccc1C(=O)OC. The molecule has 0 heterocycles. The lowest BCUT2D eigenvalue weighted by Crippen LogP contribution is -2.13. The summed E-state index contributed by atoms with van der Waals surface area (Å²) in [4.78, 5) is 43.7. The van der Waals surface area contributed by atoms with Gasteiger partial charge in [0.05, 0.1) is 38.6 Å². The number of hydrogen-bond donors (Lipinski definition) is 0. The van der Waals surface area contributed by atoms with Crippen molar-refractivity contribution in [2.75, 3.05) is 27.4 Å². The average Bonchev–Trinajstić information content (AvgIpc) is 2.61. The van der Waals surface area contributed by atoms with Gasteiger partial charge < -0.3 is 18.9 Å². The smallest absolute Gasteiger partial charge is 0.338 e. The van der Waals surface area contributed by atoms with E-state index < -0.39 is 23.9 Å². The quantitative estimate of drug-likeness (QED) is 0.432. The van der Waals surface area contributed by atoms with Gasteiger partial charge in [-0.2, -0.15) is 0 Å². The van der Waals surface area contributed by atoms with Crippen molar-refractivity contribution in [3.05, 3.63) is 35.4 Å². The molecule has 0 N–H and O–H groups in total. The minimum atomic E-state index is -0.550. The van der Waals surface area contributed by atoms with Crippen LogP contribution in [0, 0.1) is 0 Å². The molecule has 25 heavy (non-hydrogen) atoms. The van der Waals surface area contributed by atoms with Gasteiger partial charge in [-0.25, -0.2) is 9.59 Å². The van der Waals surface area contributed by atoms with Crippen LogP contribution < -0.4 is 0 Å². The van der Waals surface area contributed by atoms with Crippen molar-refractivity contribution in [2.24, 2.45) is 0 Å². The lowest BCUT2D eigenvalue weighted by atomic mass is 10.1. The number of carbonyl (C=O) groups is 4. The van der Waals surface area contributed by atoms with Crippen LogP contribution in [-0.4, -0.2) is 51.3 Å². The summed E-state index contributed by atoms with van der Waals surface area (Å²) in [5.41, 5.74) is 0.420. The van der Waals surface area contributed by atoms with Gasteiger partial charge in [0.2, 0.25) is 0 Å². The Kier molecular flexibility index (Phi) is 11.1. The van der Waals surface area contributed by atoms with Crippen molar-refractivity contribution >= 4 is 23.9 Å². The first-order valence-electron chi connectivity index (χ1n) is 7.48. The van der Waals surface area contributed by atoms with Gasteiger partial charge in [0.25, 0.3) is 0 Å². The first kappa shape index (κ1) is 22.1. The molecule has 0 bridgehead atoms. The number of rotatable bonds is 6. The van der Waals surface area contributed by atoms with Gasteiger partial charge in [-0.05, 0) is 26.0 Å². The van der Waals surface area contributed by atoms with Crippen LogP contribution in [0.5, 0.6) is 0 Å². The van der Waals surface area contributed by atoms with Crippen molar-refractivity contribution in [3.63, 3.8) is 0 Å². The molecule has 0 fully saturated rings. The summed E-state index contributed by atoms with van der Waals surface area (Å²) in [5, 5.41) is 0. The Bertz CT molecular complexity index is 543. The summed E-state index contributed by atoms with van der Waals surface area (Å²) >= 11 is 0. The molecule has 0 spiro atoms. The number of esters is 4. The summed E-state index contributed by atoms with van der Waals surface area (Å²) in [6.07, 6.45) is -0.290. The third-order valence-electron chi connectivity index (χ3n) is 2.64. The van der Waals surface area contributed by atoms with E-state index in [0.29, 0.717) is 0 Å². The van der Waals surface area contributed by atoms with Crippen LogP contribution in [0.4, 0.5) is 0 Å². The van der Waals surface area contributed by atoms with E-state index in [2.05, 4.69) is 18.9 Å². The van der Waals surface area contributed by atoms with Gasteiger partial charge in [-0.15, -0.1) is 0 Å². The number of ether oxygens (including phenoxy) is 4. The Morgan fingerprint density at radius 3 is 1.40 bits per heavy atom. The van der Waals surface area contributed by atoms with Gasteiger partial charge >= 0.3 is 23.9 Å². The highest BCUT2D eigenvalue weighted by atomic mass is 16.6. The van der Waals surface area contributed by atoms with Crippen LogP contribution in [0.1, 0.15) is 41.0 Å². The van der Waals surface area contributed by atoms with E-state index >= 15 is 0 Å². The lowest BCUT2D eigenvalue weighted by molar-refractivity contribution is -0.153. The molecule has 0 aliphatic rings. The molecule has 0 amide bonds. The molecule has 1 aromatic carbocycles. The maximum atomic E-state index is 11.2. The van der Waals surface area contributed by atoms with Gasteiger partial charge in [-0.1, -0.05) is 12.1 Å². The fourth-order valence-electron chi connectivity index (χ4n) is 1.60. The molecule has 0 aromatic heterocycles. The third kappa shape index (κ3) is 8.50. The third-order valence-corrected chi connectivity index (χ3v) is 2.64. The molecule has 1 aromatic rings. The van der Waals surface area contributed by atoms with Crippen LogP contribution in [0.2, 0.25) is 0 Å². The van der Waals surface area contributed by atoms with Crippen molar-refractivity contribution in [1.82, 2.24) is 0 Å². The second-order valence-corrected chi connectivity index (χ2v) is 4.32. The zero-order valence-electron chi connectivity index (χ0n) is 14.7. The van der Waals surface area contributed by atoms with Crippen molar-refractivity contribution < 1.29 is 38.1 Å². The van der Waals surface area contributed by atoms with E-state index in [-0.39, 0.29) is 30.8 Å². The molecule has 0 saturated heterocycles. The first-order chi connectivity index (χ1) is 11.9. The normalized spacial score (nSPS) is 9.12. The van der Waals surface area contributed by atoms with E-state index in [1.165, 1.54) is 26.4 Å². The fraction of sp³-hybridized carbons (Fsp3) is 0.412. The Morgan fingerprint density at radius 2 is 1.12 bits per heavy atom. The zero-order chi connectivity index (χ0) is 19.2. The van der Waals surface area contributed by atoms with Crippen molar-refractivity contribution in [2.45, 2.75) is 20.3 Å². The molecule has 8 nitrogen and oxygen atoms in total. The predicted octanol–water partition coefficient (Wildman–Crippen LogP) is 1.76. The molecule has 0 atom stereocenters. The molecule has 0 aliphatic carbocycles. The lowest BCUT2D eigenvalue weighted by Gasteiger charge is -2.04. The number of hydrogen-bond acceptors (Lipinski definition) is 8. The summed E-state index contributed by atoms with van der Waals surface area (Å²) in [6.45, 7) is 3.95. The highest BCUT2D eigenvalue weighted by Gasteiger charge is 2.16. The Balaban J connectivity index is 0.000000477. The molecule has 0 aliphatic heterocycles. The highest BCUT2D eigenvalue weighted by molar-refractivity contribution is 6.03. The molecule has 8 heteroatoms. The summed E-state index contributed by atoms with van der Waals surface area (Å²) in [6, 6.07) is 6.33. The standard InChI is InChI=1S/C10H10O4.C7H12O4/c1-13-9(11)7-5-3-4-6-8(7)10(12)14-2;1-3-10-6(8)5-7(9)11-4-2/h3-6H,1-2H3;3-5H2,1-2H3. The molecule has 138 valence electrons. The predicted molar refractivity (Wildman–Crippen MR) is 87.0 cm³/mol. The molecule has 0 unspecified atom stereocenters. The Labute approximate surface area is 146 Å². The van der Waals surface area contributed by atoms with Gasteiger partial charge in [0.15, 0.2) is 0 Å². The fourth-order valence-corrected chi connectivity index (χ4v) is 1.60. The summed E-state index contributed by atoms with van der Waals surface area (Å²) < 4.78 is 18.1. The highest BCUT2D eigenvalue weighted by Crippen LogP contribution is 2.10. The van der Waals surface area contributed by atoms with E-state index in [9.17, 15) is 19.2 Å². The van der Waals surface area contributed by atoms with Crippen LogP contribution in [0.3, 0.4) is 0 Å². The molecule has 1 rings (SSSR count). The topological polar surface area (TPSA) is 105 Å². The van der Waals surface area contributed by atoms with E-state index in [1.54, 1.807) is 26.0 Å². The van der Waals surface area contributed by atoms with Crippen LogP contribution in [-0.2, 0) is 28.5 Å². The second-order valence-electron chi connectivity index (χ2n) is 4.32. The Morgan fingerprint density at radius 1 is 0.760 bits per heavy atom. The number of benzene rings is 1. The summed E-state index contributed by atoms with van der Waals surface area (Å²) in [7, 11) is 2.52. The molecular formula is C17H22O8. The second kappa shape index (κ2) is 12.5. The monoisotopic (exact) mass is 354 g/mol.